The number of alkyl halides is 3. The average Bonchev–Trinajstić information content (AvgIpc) is 3.31. The summed E-state index contributed by atoms with van der Waals surface area (Å²) in [6.45, 7) is 0.447. The number of sulfonamides is 1. The van der Waals surface area contributed by atoms with Gasteiger partial charge >= 0.3 is 6.18 Å². The van der Waals surface area contributed by atoms with Gasteiger partial charge in [0, 0.05) is 26.1 Å². The van der Waals surface area contributed by atoms with E-state index in [1.54, 1.807) is 18.2 Å². The molecule has 14 heteroatoms. The summed E-state index contributed by atoms with van der Waals surface area (Å²) in [7, 11) is -4.19. The number of aromatic nitrogens is 4. The van der Waals surface area contributed by atoms with E-state index in [1.807, 2.05) is 4.57 Å². The first kappa shape index (κ1) is 26.2. The third-order valence-electron chi connectivity index (χ3n) is 6.63. The molecule has 2 aromatic heterocycles. The average molecular weight is 553 g/mol. The van der Waals surface area contributed by atoms with E-state index in [0.717, 1.165) is 42.0 Å². The van der Waals surface area contributed by atoms with Crippen molar-refractivity contribution in [3.8, 4) is 11.5 Å². The van der Waals surface area contributed by atoms with Crippen molar-refractivity contribution >= 4 is 21.7 Å². The summed E-state index contributed by atoms with van der Waals surface area (Å²) in [5.41, 5.74) is 1.02. The number of anilines is 1. The van der Waals surface area contributed by atoms with E-state index >= 15 is 0 Å². The van der Waals surface area contributed by atoms with E-state index in [4.69, 9.17) is 0 Å². The maximum atomic E-state index is 14.8. The Labute approximate surface area is 215 Å². The number of nitrogens with one attached hydrogen (secondary N) is 1. The van der Waals surface area contributed by atoms with Crippen LogP contribution in [0.2, 0.25) is 0 Å². The van der Waals surface area contributed by atoms with Crippen LogP contribution >= 0.6 is 0 Å². The molecule has 3 aromatic rings. The highest BCUT2D eigenvalue weighted by atomic mass is 32.2. The molecule has 0 unspecified atom stereocenters. The van der Waals surface area contributed by atoms with Gasteiger partial charge in [-0.3, -0.25) is 4.79 Å². The third kappa shape index (κ3) is 5.55. The van der Waals surface area contributed by atoms with Gasteiger partial charge in [-0.2, -0.15) is 17.5 Å². The minimum atomic E-state index is -4.60. The van der Waals surface area contributed by atoms with Crippen LogP contribution in [0.5, 0.6) is 0 Å². The predicted molar refractivity (Wildman–Crippen MR) is 129 cm³/mol. The first-order valence-electron chi connectivity index (χ1n) is 12.1. The summed E-state index contributed by atoms with van der Waals surface area (Å²) >= 11 is 0. The Kier molecular flexibility index (Phi) is 6.94. The van der Waals surface area contributed by atoms with Crippen LogP contribution in [0.1, 0.15) is 46.6 Å². The molecule has 1 aromatic carbocycles. The van der Waals surface area contributed by atoms with Crippen molar-refractivity contribution < 1.29 is 30.8 Å². The van der Waals surface area contributed by atoms with E-state index < -0.39 is 40.1 Å². The van der Waals surface area contributed by atoms with Gasteiger partial charge in [0.15, 0.2) is 5.82 Å². The van der Waals surface area contributed by atoms with Crippen molar-refractivity contribution in [3.63, 3.8) is 0 Å². The number of amides is 1. The van der Waals surface area contributed by atoms with Gasteiger partial charge in [-0.15, -0.1) is 10.2 Å². The predicted octanol–water partition coefficient (Wildman–Crippen LogP) is 3.71. The molecular formula is C24H24F4N6O3S. The number of fused-ring (bicyclic) bond motifs is 2. The standard InChI is InChI=1S/C24H24F4N6O3S/c25-18-13-15-7-10-33(38(36,37)11-8-24(26,27)28)14-16(15)12-17(18)23(35)30-20-5-3-4-19(29-20)22-32-31-21-6-1-2-9-34(21)22/h3-5,12-13H,1-2,6-11,14H2,(H,29,30,35). The number of carbonyl (C=O) groups is 1. The molecule has 0 aliphatic carbocycles. The highest BCUT2D eigenvalue weighted by Crippen LogP contribution is 2.28. The van der Waals surface area contributed by atoms with Crippen molar-refractivity contribution in [1.29, 1.82) is 0 Å². The number of nitrogens with zero attached hydrogens (tertiary/aromatic N) is 5. The minimum absolute atomic E-state index is 0.0682. The number of rotatable bonds is 6. The van der Waals surface area contributed by atoms with Crippen LogP contribution in [0.3, 0.4) is 0 Å². The zero-order valence-corrected chi connectivity index (χ0v) is 20.9. The SMILES string of the molecule is O=C(Nc1cccc(-c2nnc3n2CCCC3)n1)c1cc2c(cc1F)CCN(S(=O)(=O)CCC(F)(F)F)C2. The Balaban J connectivity index is 1.34. The van der Waals surface area contributed by atoms with E-state index in [-0.39, 0.29) is 30.9 Å². The Bertz CT molecular complexity index is 1490. The lowest BCUT2D eigenvalue weighted by atomic mass is 9.97. The van der Waals surface area contributed by atoms with Crippen molar-refractivity contribution in [2.75, 3.05) is 17.6 Å². The number of aryl methyl sites for hydroxylation is 1. The van der Waals surface area contributed by atoms with Crippen LogP contribution in [-0.4, -0.2) is 56.9 Å². The maximum Gasteiger partial charge on any atom is 0.390 e. The molecule has 5 rings (SSSR count). The fourth-order valence-corrected chi connectivity index (χ4v) is 6.10. The largest absolute Gasteiger partial charge is 0.390 e. The summed E-state index contributed by atoms with van der Waals surface area (Å²) in [4.78, 5) is 17.4. The highest BCUT2D eigenvalue weighted by Gasteiger charge is 2.34. The molecule has 38 heavy (non-hydrogen) atoms. The third-order valence-corrected chi connectivity index (χ3v) is 8.45. The van der Waals surface area contributed by atoms with E-state index in [2.05, 4.69) is 20.5 Å². The quantitative estimate of drug-likeness (QED) is 0.467. The number of halogens is 4. The van der Waals surface area contributed by atoms with Crippen molar-refractivity contribution in [2.24, 2.45) is 0 Å². The Morgan fingerprint density at radius 3 is 2.66 bits per heavy atom. The van der Waals surface area contributed by atoms with Crippen LogP contribution in [0.25, 0.3) is 11.5 Å². The monoisotopic (exact) mass is 552 g/mol. The molecule has 0 atom stereocenters. The van der Waals surface area contributed by atoms with Crippen molar-refractivity contribution in [2.45, 2.75) is 51.4 Å². The van der Waals surface area contributed by atoms with Gasteiger partial charge in [-0.25, -0.2) is 17.8 Å². The summed E-state index contributed by atoms with van der Waals surface area (Å²) in [5, 5.41) is 11.0. The molecule has 202 valence electrons. The molecule has 0 bridgehead atoms. The Morgan fingerprint density at radius 2 is 1.87 bits per heavy atom. The first-order chi connectivity index (χ1) is 18.0. The molecule has 4 heterocycles. The lowest BCUT2D eigenvalue weighted by molar-refractivity contribution is -0.130. The molecule has 2 aliphatic rings. The number of pyridine rings is 1. The van der Waals surface area contributed by atoms with Gasteiger partial charge in [-0.1, -0.05) is 6.07 Å². The molecule has 0 saturated heterocycles. The lowest BCUT2D eigenvalue weighted by Crippen LogP contribution is -2.38. The molecule has 1 N–H and O–H groups in total. The highest BCUT2D eigenvalue weighted by molar-refractivity contribution is 7.89. The summed E-state index contributed by atoms with van der Waals surface area (Å²) < 4.78 is 80.3. The van der Waals surface area contributed by atoms with E-state index in [1.165, 1.54) is 6.07 Å². The van der Waals surface area contributed by atoms with Gasteiger partial charge in [0.2, 0.25) is 10.0 Å². The summed E-state index contributed by atoms with van der Waals surface area (Å²) in [6.07, 6.45) is -3.10. The minimum Gasteiger partial charge on any atom is -0.310 e. The number of carbonyl (C=O) groups excluding carboxylic acids is 1. The Morgan fingerprint density at radius 1 is 1.05 bits per heavy atom. The molecule has 0 fully saturated rings. The van der Waals surface area contributed by atoms with Crippen LogP contribution in [0.15, 0.2) is 30.3 Å². The molecule has 0 spiro atoms. The fraction of sp³-hybridized carbons (Fsp3) is 0.417. The summed E-state index contributed by atoms with van der Waals surface area (Å²) in [5.74, 6) is -1.06. The second kappa shape index (κ2) is 10.1. The fourth-order valence-electron chi connectivity index (χ4n) is 4.65. The zero-order chi connectivity index (χ0) is 27.1. The molecule has 0 saturated carbocycles. The molecule has 2 aliphatic heterocycles. The van der Waals surface area contributed by atoms with Crippen molar-refractivity contribution in [3.05, 3.63) is 58.7 Å². The molecular weight excluding hydrogens is 528 g/mol. The van der Waals surface area contributed by atoms with Crippen LogP contribution in [-0.2, 0) is 36.0 Å². The van der Waals surface area contributed by atoms with Gasteiger partial charge in [0.1, 0.15) is 23.2 Å². The topological polar surface area (TPSA) is 110 Å². The van der Waals surface area contributed by atoms with E-state index in [0.29, 0.717) is 22.6 Å². The van der Waals surface area contributed by atoms with Crippen LogP contribution in [0, 0.1) is 5.82 Å². The first-order valence-corrected chi connectivity index (χ1v) is 13.7. The second-order valence-electron chi connectivity index (χ2n) is 9.28. The van der Waals surface area contributed by atoms with Gasteiger partial charge in [0.05, 0.1) is 17.7 Å². The molecule has 1 amide bonds. The lowest BCUT2D eigenvalue weighted by Gasteiger charge is -2.28. The Hall–Kier alpha value is -3.39. The van der Waals surface area contributed by atoms with Gasteiger partial charge in [0.25, 0.3) is 5.91 Å². The second-order valence-corrected chi connectivity index (χ2v) is 11.4. The summed E-state index contributed by atoms with van der Waals surface area (Å²) in [6, 6.07) is 7.35. The smallest absolute Gasteiger partial charge is 0.310 e. The number of hydrogen-bond acceptors (Lipinski definition) is 6. The van der Waals surface area contributed by atoms with Gasteiger partial charge in [-0.05, 0) is 54.7 Å². The van der Waals surface area contributed by atoms with Crippen LogP contribution < -0.4 is 5.32 Å². The normalized spacial score (nSPS) is 16.1. The number of hydrogen-bond donors (Lipinski definition) is 1. The van der Waals surface area contributed by atoms with Crippen molar-refractivity contribution in [1.82, 2.24) is 24.1 Å². The molecule has 9 nitrogen and oxygen atoms in total. The molecule has 0 radical (unpaired) electrons. The van der Waals surface area contributed by atoms with Gasteiger partial charge < -0.3 is 9.88 Å². The number of benzene rings is 1. The maximum absolute atomic E-state index is 14.8. The van der Waals surface area contributed by atoms with E-state index in [9.17, 15) is 30.8 Å². The zero-order valence-electron chi connectivity index (χ0n) is 20.1. The van der Waals surface area contributed by atoms with Crippen LogP contribution in [0.4, 0.5) is 23.4 Å².